The molecular formula is C45H86ClN. The highest BCUT2D eigenvalue weighted by Crippen LogP contribution is 2.31. The van der Waals surface area contributed by atoms with Gasteiger partial charge in [0.05, 0.1) is 0 Å². The van der Waals surface area contributed by atoms with Crippen molar-refractivity contribution in [1.82, 2.24) is 5.32 Å². The van der Waals surface area contributed by atoms with Gasteiger partial charge in [0.2, 0.25) is 0 Å². The molecule has 0 fully saturated rings. The summed E-state index contributed by atoms with van der Waals surface area (Å²) in [5.74, 6) is 0.769. The van der Waals surface area contributed by atoms with Crippen molar-refractivity contribution in [3.05, 3.63) is 35.9 Å². The van der Waals surface area contributed by atoms with Gasteiger partial charge >= 0.3 is 0 Å². The summed E-state index contributed by atoms with van der Waals surface area (Å²) in [5, 5.41) is 3.73. The van der Waals surface area contributed by atoms with Crippen LogP contribution in [0.25, 0.3) is 0 Å². The van der Waals surface area contributed by atoms with Gasteiger partial charge in [-0.2, -0.15) is 0 Å². The number of hydrogen-bond acceptors (Lipinski definition) is 1. The van der Waals surface area contributed by atoms with E-state index in [0.29, 0.717) is 6.04 Å². The lowest BCUT2D eigenvalue weighted by Gasteiger charge is -2.28. The normalized spacial score (nSPS) is 12.1. The van der Waals surface area contributed by atoms with Gasteiger partial charge in [-0.05, 0) is 31.4 Å². The van der Waals surface area contributed by atoms with Gasteiger partial charge in [-0.3, -0.25) is 0 Å². The van der Waals surface area contributed by atoms with Crippen LogP contribution in [0.4, 0.5) is 0 Å². The smallest absolute Gasteiger partial charge is 0.0346 e. The fraction of sp³-hybridized carbons (Fsp3) is 0.867. The Bertz CT molecular complexity index is 654. The molecule has 278 valence electrons. The first-order valence-corrected chi connectivity index (χ1v) is 21.6. The van der Waals surface area contributed by atoms with Crippen molar-refractivity contribution in [2.24, 2.45) is 5.92 Å². The second kappa shape index (κ2) is 38.3. The van der Waals surface area contributed by atoms with Crippen LogP contribution in [0, 0.1) is 5.92 Å². The Morgan fingerprint density at radius 3 is 0.894 bits per heavy atom. The van der Waals surface area contributed by atoms with Crippen LogP contribution >= 0.6 is 12.4 Å². The van der Waals surface area contributed by atoms with E-state index < -0.39 is 0 Å². The predicted molar refractivity (Wildman–Crippen MR) is 217 cm³/mol. The third-order valence-electron chi connectivity index (χ3n) is 10.8. The third kappa shape index (κ3) is 30.1. The van der Waals surface area contributed by atoms with Crippen LogP contribution in [0.15, 0.2) is 30.3 Å². The van der Waals surface area contributed by atoms with E-state index in [2.05, 4.69) is 56.5 Å². The molecule has 0 saturated carbocycles. The largest absolute Gasteiger partial charge is 0.313 e. The van der Waals surface area contributed by atoms with Crippen molar-refractivity contribution in [3.8, 4) is 0 Å². The lowest BCUT2D eigenvalue weighted by atomic mass is 9.84. The van der Waals surface area contributed by atoms with E-state index >= 15 is 0 Å². The highest BCUT2D eigenvalue weighted by atomic mass is 35.5. The maximum Gasteiger partial charge on any atom is 0.0346 e. The second-order valence-corrected chi connectivity index (χ2v) is 15.1. The SMILES string of the molecule is CCCCCCCCCCCCCCCCCCC(CCCCCCCCCCCCCCCCCC)C(NC)c1ccccc1.Cl. The molecule has 1 unspecified atom stereocenters. The zero-order valence-electron chi connectivity index (χ0n) is 32.5. The van der Waals surface area contributed by atoms with Crippen molar-refractivity contribution < 1.29 is 0 Å². The summed E-state index contributed by atoms with van der Waals surface area (Å²) >= 11 is 0. The first-order chi connectivity index (χ1) is 22.8. The van der Waals surface area contributed by atoms with Gasteiger partial charge in [0, 0.05) is 6.04 Å². The van der Waals surface area contributed by atoms with Gasteiger partial charge in [0.15, 0.2) is 0 Å². The second-order valence-electron chi connectivity index (χ2n) is 15.1. The Kier molecular flexibility index (Phi) is 37.8. The maximum absolute atomic E-state index is 3.73. The molecule has 1 aromatic carbocycles. The van der Waals surface area contributed by atoms with Crippen LogP contribution in [-0.4, -0.2) is 7.05 Å². The Labute approximate surface area is 303 Å². The zero-order valence-corrected chi connectivity index (χ0v) is 33.3. The summed E-state index contributed by atoms with van der Waals surface area (Å²) in [4.78, 5) is 0. The van der Waals surface area contributed by atoms with Crippen LogP contribution in [0.5, 0.6) is 0 Å². The monoisotopic (exact) mass is 676 g/mol. The molecule has 1 rings (SSSR count). The lowest BCUT2D eigenvalue weighted by molar-refractivity contribution is 0.313. The number of hydrogen-bond donors (Lipinski definition) is 1. The summed E-state index contributed by atoms with van der Waals surface area (Å²) in [6.45, 7) is 4.62. The molecule has 0 heterocycles. The van der Waals surface area contributed by atoms with Crippen molar-refractivity contribution in [2.45, 2.75) is 238 Å². The van der Waals surface area contributed by atoms with E-state index in [4.69, 9.17) is 0 Å². The van der Waals surface area contributed by atoms with Crippen molar-refractivity contribution in [1.29, 1.82) is 0 Å². The van der Waals surface area contributed by atoms with Crippen molar-refractivity contribution in [2.75, 3.05) is 7.05 Å². The van der Waals surface area contributed by atoms with Crippen molar-refractivity contribution in [3.63, 3.8) is 0 Å². The average Bonchev–Trinajstić information content (AvgIpc) is 3.08. The molecule has 47 heavy (non-hydrogen) atoms. The number of benzene rings is 1. The summed E-state index contributed by atoms with van der Waals surface area (Å²) in [5.41, 5.74) is 1.49. The standard InChI is InChI=1S/C45H85N.ClH/c1-4-6-8-10-12-14-16-18-20-22-24-26-28-30-32-35-39-43(45(46-3)44-41-37-34-38-42-44)40-36-33-31-29-27-25-23-21-19-17-15-13-11-9-7-5-2;/h34,37-38,41-43,45-46H,4-33,35-36,39-40H2,1-3H3;1H. The first-order valence-electron chi connectivity index (χ1n) is 21.6. The van der Waals surface area contributed by atoms with Crippen LogP contribution < -0.4 is 5.32 Å². The molecule has 0 bridgehead atoms. The van der Waals surface area contributed by atoms with Gasteiger partial charge in [0.25, 0.3) is 0 Å². The van der Waals surface area contributed by atoms with Gasteiger partial charge in [-0.25, -0.2) is 0 Å². The molecule has 1 aromatic rings. The van der Waals surface area contributed by atoms with Gasteiger partial charge in [-0.15, -0.1) is 12.4 Å². The van der Waals surface area contributed by atoms with E-state index in [0.717, 1.165) is 5.92 Å². The number of rotatable bonds is 37. The molecule has 0 aromatic heterocycles. The maximum atomic E-state index is 3.73. The highest BCUT2D eigenvalue weighted by molar-refractivity contribution is 5.85. The Morgan fingerprint density at radius 2 is 0.638 bits per heavy atom. The number of unbranched alkanes of at least 4 members (excludes halogenated alkanes) is 30. The predicted octanol–water partition coefficient (Wildman–Crippen LogP) is 16.3. The topological polar surface area (TPSA) is 12.0 Å². The van der Waals surface area contributed by atoms with Crippen LogP contribution in [-0.2, 0) is 0 Å². The lowest BCUT2D eigenvalue weighted by Crippen LogP contribution is -2.25. The molecule has 0 saturated heterocycles. The van der Waals surface area contributed by atoms with Crippen LogP contribution in [0.3, 0.4) is 0 Å². The molecule has 0 aliphatic rings. The fourth-order valence-electron chi connectivity index (χ4n) is 7.72. The van der Waals surface area contributed by atoms with Gasteiger partial charge < -0.3 is 5.32 Å². The molecule has 0 aliphatic heterocycles. The molecule has 0 spiro atoms. The van der Waals surface area contributed by atoms with Crippen LogP contribution in [0.1, 0.15) is 244 Å². The Balaban J connectivity index is 0.0000212. The first kappa shape index (κ1) is 46.5. The number of nitrogens with one attached hydrogen (secondary N) is 1. The minimum atomic E-state index is 0. The molecule has 2 heteroatoms. The van der Waals surface area contributed by atoms with Crippen LogP contribution in [0.2, 0.25) is 0 Å². The summed E-state index contributed by atoms with van der Waals surface area (Å²) < 4.78 is 0. The summed E-state index contributed by atoms with van der Waals surface area (Å²) in [7, 11) is 2.19. The molecule has 1 nitrogen and oxygen atoms in total. The number of halogens is 1. The molecular weight excluding hydrogens is 590 g/mol. The molecule has 1 N–H and O–H groups in total. The van der Waals surface area contributed by atoms with E-state index in [-0.39, 0.29) is 12.4 Å². The minimum absolute atomic E-state index is 0. The third-order valence-corrected chi connectivity index (χ3v) is 10.8. The zero-order chi connectivity index (χ0) is 33.0. The Hall–Kier alpha value is -0.530. The van der Waals surface area contributed by atoms with E-state index in [1.54, 1.807) is 0 Å². The summed E-state index contributed by atoms with van der Waals surface area (Å²) in [6.07, 6.45) is 49.2. The molecule has 1 atom stereocenters. The van der Waals surface area contributed by atoms with Crippen molar-refractivity contribution >= 4 is 12.4 Å². The quantitative estimate of drug-likeness (QED) is 0.0692. The van der Waals surface area contributed by atoms with E-state index in [9.17, 15) is 0 Å². The summed E-state index contributed by atoms with van der Waals surface area (Å²) in [6, 6.07) is 11.8. The molecule has 0 amide bonds. The Morgan fingerprint density at radius 1 is 0.383 bits per heavy atom. The highest BCUT2D eigenvalue weighted by Gasteiger charge is 2.21. The van der Waals surface area contributed by atoms with Gasteiger partial charge in [0.1, 0.15) is 0 Å². The van der Waals surface area contributed by atoms with Gasteiger partial charge in [-0.1, -0.05) is 250 Å². The molecule has 0 aliphatic carbocycles. The molecule has 0 radical (unpaired) electrons. The average molecular weight is 677 g/mol. The van der Waals surface area contributed by atoms with E-state index in [1.807, 2.05) is 0 Å². The minimum Gasteiger partial charge on any atom is -0.313 e. The van der Waals surface area contributed by atoms with E-state index in [1.165, 1.54) is 224 Å². The fourth-order valence-corrected chi connectivity index (χ4v) is 7.72.